The molecule has 3 heterocycles. The number of amides is 1. The van der Waals surface area contributed by atoms with Gasteiger partial charge in [0.25, 0.3) is 0 Å². The van der Waals surface area contributed by atoms with Gasteiger partial charge in [0.15, 0.2) is 11.5 Å². The summed E-state index contributed by atoms with van der Waals surface area (Å²) in [5.41, 5.74) is 1.65. The topological polar surface area (TPSA) is 97.8 Å². The molecule has 0 spiro atoms. The number of anilines is 1. The normalized spacial score (nSPS) is 17.4. The van der Waals surface area contributed by atoms with Gasteiger partial charge < -0.3 is 14.8 Å². The molecule has 32 heavy (non-hydrogen) atoms. The van der Waals surface area contributed by atoms with Crippen LogP contribution in [0.15, 0.2) is 41.3 Å². The van der Waals surface area contributed by atoms with Crippen molar-refractivity contribution in [1.29, 1.82) is 0 Å². The number of nitrogens with zero attached hydrogens (tertiary/aromatic N) is 2. The van der Waals surface area contributed by atoms with Gasteiger partial charge in [0.2, 0.25) is 15.9 Å². The van der Waals surface area contributed by atoms with Crippen LogP contribution < -0.4 is 14.8 Å². The number of thiazole rings is 1. The third-order valence-electron chi connectivity index (χ3n) is 5.74. The van der Waals surface area contributed by atoms with E-state index in [1.807, 2.05) is 25.1 Å². The van der Waals surface area contributed by atoms with Gasteiger partial charge in [-0.25, -0.2) is 13.4 Å². The number of benzene rings is 2. The molecule has 2 aliphatic rings. The molecule has 0 saturated carbocycles. The fourth-order valence-electron chi connectivity index (χ4n) is 4.05. The molecule has 8 nitrogen and oxygen atoms in total. The Morgan fingerprint density at radius 3 is 2.62 bits per heavy atom. The molecule has 2 aromatic carbocycles. The third kappa shape index (κ3) is 4.05. The Morgan fingerprint density at radius 1 is 1.09 bits per heavy atom. The molecule has 2 aliphatic heterocycles. The predicted molar refractivity (Wildman–Crippen MR) is 122 cm³/mol. The van der Waals surface area contributed by atoms with Gasteiger partial charge in [-0.05, 0) is 50.1 Å². The average molecular weight is 474 g/mol. The first-order chi connectivity index (χ1) is 15.4. The van der Waals surface area contributed by atoms with Crippen LogP contribution in [0.25, 0.3) is 10.2 Å². The Bertz CT molecular complexity index is 1280. The summed E-state index contributed by atoms with van der Waals surface area (Å²) in [5.74, 6) is 0.680. The molecule has 1 saturated heterocycles. The maximum Gasteiger partial charge on any atom is 0.243 e. The van der Waals surface area contributed by atoms with E-state index in [2.05, 4.69) is 10.3 Å². The van der Waals surface area contributed by atoms with Crippen LogP contribution in [0.2, 0.25) is 0 Å². The van der Waals surface area contributed by atoms with Crippen molar-refractivity contribution in [3.63, 3.8) is 0 Å². The molecule has 10 heteroatoms. The second kappa shape index (κ2) is 8.34. The molecule has 5 rings (SSSR count). The smallest absolute Gasteiger partial charge is 0.243 e. The molecule has 168 valence electrons. The molecule has 0 unspecified atom stereocenters. The second-order valence-corrected chi connectivity index (χ2v) is 11.1. The Balaban J connectivity index is 1.23. The number of carbonyl (C=O) groups excluding carboxylic acids is 1. The summed E-state index contributed by atoms with van der Waals surface area (Å²) >= 11 is 1.59. The van der Waals surface area contributed by atoms with Crippen LogP contribution in [-0.4, -0.2) is 49.9 Å². The van der Waals surface area contributed by atoms with Crippen LogP contribution in [0, 0.1) is 12.8 Å². The Morgan fingerprint density at radius 2 is 1.84 bits per heavy atom. The summed E-state index contributed by atoms with van der Waals surface area (Å²) in [7, 11) is -3.67. The number of rotatable bonds is 4. The summed E-state index contributed by atoms with van der Waals surface area (Å²) < 4.78 is 39.6. The highest BCUT2D eigenvalue weighted by Crippen LogP contribution is 2.34. The number of fused-ring (bicyclic) bond motifs is 2. The predicted octanol–water partition coefficient (Wildman–Crippen LogP) is 3.42. The lowest BCUT2D eigenvalue weighted by Gasteiger charge is -2.30. The van der Waals surface area contributed by atoms with Crippen molar-refractivity contribution in [1.82, 2.24) is 9.29 Å². The SMILES string of the molecule is Cc1nc2ccc(NC(=O)C3CCN(S(=O)(=O)c4ccc5c(c4)OCCO5)CC3)cc2s1. The second-order valence-electron chi connectivity index (χ2n) is 7.89. The number of aromatic nitrogens is 1. The minimum absolute atomic E-state index is 0.0815. The summed E-state index contributed by atoms with van der Waals surface area (Å²) in [4.78, 5) is 17.4. The molecular weight excluding hydrogens is 450 g/mol. The standard InChI is InChI=1S/C22H23N3O5S2/c1-14-23-18-4-2-16(12-21(18)31-14)24-22(26)15-6-8-25(9-7-15)32(27,28)17-3-5-19-20(13-17)30-11-10-29-19/h2-5,12-13,15H,6-11H2,1H3,(H,24,26). The fourth-order valence-corrected chi connectivity index (χ4v) is 6.41. The van der Waals surface area contributed by atoms with Gasteiger partial charge in [-0.15, -0.1) is 11.3 Å². The minimum atomic E-state index is -3.67. The van der Waals surface area contributed by atoms with Gasteiger partial charge in [-0.1, -0.05) is 0 Å². The van der Waals surface area contributed by atoms with E-state index < -0.39 is 10.0 Å². The molecule has 1 fully saturated rings. The van der Waals surface area contributed by atoms with Crippen LogP contribution in [0.1, 0.15) is 17.8 Å². The third-order valence-corrected chi connectivity index (χ3v) is 8.57. The van der Waals surface area contributed by atoms with Gasteiger partial charge in [0, 0.05) is 30.8 Å². The summed E-state index contributed by atoms with van der Waals surface area (Å²) in [6.07, 6.45) is 0.940. The number of aryl methyl sites for hydroxylation is 1. The van der Waals surface area contributed by atoms with Crippen molar-refractivity contribution in [2.45, 2.75) is 24.7 Å². The highest BCUT2D eigenvalue weighted by atomic mass is 32.2. The van der Waals surface area contributed by atoms with Crippen molar-refractivity contribution >= 4 is 43.2 Å². The fraction of sp³-hybridized carbons (Fsp3) is 0.364. The monoisotopic (exact) mass is 473 g/mol. The van der Waals surface area contributed by atoms with Gasteiger partial charge in [0.05, 0.1) is 20.1 Å². The van der Waals surface area contributed by atoms with Gasteiger partial charge in [-0.2, -0.15) is 4.31 Å². The number of piperidine rings is 1. The van der Waals surface area contributed by atoms with E-state index in [9.17, 15) is 13.2 Å². The molecule has 1 aromatic heterocycles. The largest absolute Gasteiger partial charge is 0.486 e. The van der Waals surface area contributed by atoms with E-state index in [1.54, 1.807) is 23.5 Å². The van der Waals surface area contributed by atoms with Gasteiger partial charge >= 0.3 is 0 Å². The summed E-state index contributed by atoms with van der Waals surface area (Å²) in [6, 6.07) is 10.4. The highest BCUT2D eigenvalue weighted by Gasteiger charge is 2.33. The lowest BCUT2D eigenvalue weighted by atomic mass is 9.97. The number of ether oxygens (including phenoxy) is 2. The van der Waals surface area contributed by atoms with Crippen LogP contribution in [0.4, 0.5) is 5.69 Å². The van der Waals surface area contributed by atoms with Crippen molar-refractivity contribution in [3.05, 3.63) is 41.4 Å². The molecule has 0 bridgehead atoms. The lowest BCUT2D eigenvalue weighted by molar-refractivity contribution is -0.120. The molecule has 0 radical (unpaired) electrons. The van der Waals surface area contributed by atoms with Crippen LogP contribution in [0.3, 0.4) is 0 Å². The van der Waals surface area contributed by atoms with E-state index in [0.717, 1.165) is 20.9 Å². The van der Waals surface area contributed by atoms with Crippen molar-refractivity contribution in [2.75, 3.05) is 31.6 Å². The van der Waals surface area contributed by atoms with Crippen molar-refractivity contribution < 1.29 is 22.7 Å². The van der Waals surface area contributed by atoms with Gasteiger partial charge in [0.1, 0.15) is 13.2 Å². The van der Waals surface area contributed by atoms with Crippen LogP contribution in [0.5, 0.6) is 11.5 Å². The average Bonchev–Trinajstić information content (AvgIpc) is 3.18. The first kappa shape index (κ1) is 21.2. The Kier molecular flexibility index (Phi) is 5.52. The quantitative estimate of drug-likeness (QED) is 0.624. The van der Waals surface area contributed by atoms with E-state index in [0.29, 0.717) is 50.6 Å². The zero-order valence-corrected chi connectivity index (χ0v) is 19.2. The minimum Gasteiger partial charge on any atom is -0.486 e. The van der Waals surface area contributed by atoms with Crippen LogP contribution >= 0.6 is 11.3 Å². The maximum absolute atomic E-state index is 13.1. The van der Waals surface area contributed by atoms with E-state index in [-0.39, 0.29) is 16.7 Å². The number of sulfonamides is 1. The molecule has 3 aromatic rings. The molecule has 1 amide bonds. The lowest BCUT2D eigenvalue weighted by Crippen LogP contribution is -2.41. The molecular formula is C22H23N3O5S2. The number of carbonyl (C=O) groups is 1. The van der Waals surface area contributed by atoms with E-state index in [4.69, 9.17) is 9.47 Å². The van der Waals surface area contributed by atoms with Crippen molar-refractivity contribution in [2.24, 2.45) is 5.92 Å². The number of hydrogen-bond donors (Lipinski definition) is 1. The van der Waals surface area contributed by atoms with Crippen molar-refractivity contribution in [3.8, 4) is 11.5 Å². The molecule has 1 N–H and O–H groups in total. The highest BCUT2D eigenvalue weighted by molar-refractivity contribution is 7.89. The number of nitrogens with one attached hydrogen (secondary N) is 1. The molecule has 0 atom stereocenters. The van der Waals surface area contributed by atoms with Crippen LogP contribution in [-0.2, 0) is 14.8 Å². The Labute approximate surface area is 190 Å². The first-order valence-electron chi connectivity index (χ1n) is 10.5. The molecule has 0 aliphatic carbocycles. The Hall–Kier alpha value is -2.69. The van der Waals surface area contributed by atoms with E-state index in [1.165, 1.54) is 10.4 Å². The summed E-state index contributed by atoms with van der Waals surface area (Å²) in [5, 5.41) is 3.96. The zero-order chi connectivity index (χ0) is 22.3. The maximum atomic E-state index is 13.1. The van der Waals surface area contributed by atoms with Gasteiger partial charge in [-0.3, -0.25) is 4.79 Å². The number of hydrogen-bond acceptors (Lipinski definition) is 7. The summed E-state index contributed by atoms with van der Waals surface area (Å²) in [6.45, 7) is 3.39. The first-order valence-corrected chi connectivity index (χ1v) is 12.7. The van der Waals surface area contributed by atoms with E-state index >= 15 is 0 Å². The zero-order valence-electron chi connectivity index (χ0n) is 17.5.